The molecule has 0 saturated heterocycles. The molecule has 9 heteroatoms. The Hall–Kier alpha value is -3.36. The first-order valence-electron chi connectivity index (χ1n) is 11.6. The number of benzene rings is 3. The van der Waals surface area contributed by atoms with E-state index in [1.54, 1.807) is 80.6 Å². The van der Waals surface area contributed by atoms with Gasteiger partial charge in [0.15, 0.2) is 0 Å². The molecule has 3 aromatic carbocycles. The molecule has 0 aliphatic heterocycles. The van der Waals surface area contributed by atoms with Gasteiger partial charge in [-0.2, -0.15) is 0 Å². The van der Waals surface area contributed by atoms with Gasteiger partial charge in [-0.3, -0.25) is 13.9 Å². The Morgan fingerprint density at radius 2 is 1.56 bits per heavy atom. The summed E-state index contributed by atoms with van der Waals surface area (Å²) < 4.78 is 28.4. The van der Waals surface area contributed by atoms with Gasteiger partial charge >= 0.3 is 0 Å². The fraction of sp³-hybridized carbons (Fsp3) is 0.259. The van der Waals surface area contributed by atoms with Crippen LogP contribution in [0.15, 0.2) is 83.8 Å². The number of anilines is 1. The van der Waals surface area contributed by atoms with Crippen LogP contribution < -0.4 is 9.62 Å². The minimum Gasteiger partial charge on any atom is -0.355 e. The lowest BCUT2D eigenvalue weighted by Crippen LogP contribution is -2.51. The maximum Gasteiger partial charge on any atom is 0.264 e. The summed E-state index contributed by atoms with van der Waals surface area (Å²) >= 11 is 6.00. The normalized spacial score (nSPS) is 12.0. The van der Waals surface area contributed by atoms with Crippen LogP contribution >= 0.6 is 11.6 Å². The molecule has 0 radical (unpaired) electrons. The summed E-state index contributed by atoms with van der Waals surface area (Å²) in [5, 5.41) is 3.29. The summed E-state index contributed by atoms with van der Waals surface area (Å²) in [5.74, 6) is -0.837. The van der Waals surface area contributed by atoms with Gasteiger partial charge in [-0.1, -0.05) is 59.6 Å². The molecule has 36 heavy (non-hydrogen) atoms. The molecule has 1 atom stereocenters. The summed E-state index contributed by atoms with van der Waals surface area (Å²) in [7, 11) is -4.06. The number of nitrogens with zero attached hydrogens (tertiary/aromatic N) is 2. The lowest BCUT2D eigenvalue weighted by molar-refractivity contribution is -0.139. The van der Waals surface area contributed by atoms with E-state index in [0.717, 1.165) is 15.4 Å². The highest BCUT2D eigenvalue weighted by atomic mass is 35.5. The third-order valence-corrected chi connectivity index (χ3v) is 7.76. The molecule has 190 valence electrons. The van der Waals surface area contributed by atoms with E-state index in [-0.39, 0.29) is 17.3 Å². The zero-order valence-electron chi connectivity index (χ0n) is 20.5. The molecule has 0 aromatic heterocycles. The molecule has 3 rings (SSSR count). The number of hydrogen-bond donors (Lipinski definition) is 1. The largest absolute Gasteiger partial charge is 0.355 e. The summed E-state index contributed by atoms with van der Waals surface area (Å²) in [6, 6.07) is 21.0. The van der Waals surface area contributed by atoms with Crippen LogP contribution in [0.3, 0.4) is 0 Å². The second-order valence-electron chi connectivity index (χ2n) is 8.38. The lowest BCUT2D eigenvalue weighted by Gasteiger charge is -2.32. The SMILES string of the molecule is CCNC(=O)[C@H](C)N(Cc1ccc(Cl)cc1)C(=O)CN(c1ccc(C)cc1)S(=O)(=O)c1ccccc1. The van der Waals surface area contributed by atoms with E-state index in [1.807, 2.05) is 6.92 Å². The Labute approximate surface area is 217 Å². The van der Waals surface area contributed by atoms with Crippen LogP contribution in [-0.2, 0) is 26.2 Å². The van der Waals surface area contributed by atoms with Crippen LogP contribution in [0.25, 0.3) is 0 Å². The number of carbonyl (C=O) groups is 2. The van der Waals surface area contributed by atoms with Crippen molar-refractivity contribution in [1.29, 1.82) is 0 Å². The number of sulfonamides is 1. The van der Waals surface area contributed by atoms with Crippen LogP contribution in [0.5, 0.6) is 0 Å². The standard InChI is InChI=1S/C27H30ClN3O4S/c1-4-29-27(33)21(3)30(18-22-12-14-23(28)15-13-22)26(32)19-31(24-16-10-20(2)11-17-24)36(34,35)25-8-6-5-7-9-25/h5-17,21H,4,18-19H2,1-3H3,(H,29,33)/t21-/m0/s1. The maximum absolute atomic E-state index is 13.7. The first-order valence-corrected chi connectivity index (χ1v) is 13.4. The summed E-state index contributed by atoms with van der Waals surface area (Å²) in [4.78, 5) is 27.8. The molecular formula is C27H30ClN3O4S. The average Bonchev–Trinajstić information content (AvgIpc) is 2.87. The van der Waals surface area contributed by atoms with Crippen LogP contribution in [0.4, 0.5) is 5.69 Å². The minimum absolute atomic E-state index is 0.0689. The molecule has 0 bridgehead atoms. The van der Waals surface area contributed by atoms with E-state index in [1.165, 1.54) is 17.0 Å². The highest BCUT2D eigenvalue weighted by Crippen LogP contribution is 2.25. The minimum atomic E-state index is -4.06. The summed E-state index contributed by atoms with van der Waals surface area (Å²) in [6.45, 7) is 5.36. The second-order valence-corrected chi connectivity index (χ2v) is 10.7. The first kappa shape index (κ1) is 27.2. The van der Waals surface area contributed by atoms with Crippen LogP contribution in [0.1, 0.15) is 25.0 Å². The Bertz CT molecular complexity index is 1280. The van der Waals surface area contributed by atoms with Crippen LogP contribution in [0.2, 0.25) is 5.02 Å². The Morgan fingerprint density at radius 3 is 2.14 bits per heavy atom. The summed E-state index contributed by atoms with van der Waals surface area (Å²) in [5.41, 5.74) is 2.07. The number of nitrogens with one attached hydrogen (secondary N) is 1. The van der Waals surface area contributed by atoms with E-state index < -0.39 is 28.5 Å². The van der Waals surface area contributed by atoms with Crippen molar-refractivity contribution < 1.29 is 18.0 Å². The number of hydrogen-bond acceptors (Lipinski definition) is 4. The number of amides is 2. The molecule has 1 N–H and O–H groups in total. The summed E-state index contributed by atoms with van der Waals surface area (Å²) in [6.07, 6.45) is 0. The van der Waals surface area contributed by atoms with Gasteiger partial charge in [-0.25, -0.2) is 8.42 Å². The van der Waals surface area contributed by atoms with Crippen molar-refractivity contribution in [2.45, 2.75) is 38.3 Å². The van der Waals surface area contributed by atoms with Gasteiger partial charge in [0.2, 0.25) is 11.8 Å². The molecule has 0 unspecified atom stereocenters. The smallest absolute Gasteiger partial charge is 0.264 e. The van der Waals surface area contributed by atoms with Crippen LogP contribution in [0, 0.1) is 6.92 Å². The van der Waals surface area contributed by atoms with E-state index in [2.05, 4.69) is 5.32 Å². The van der Waals surface area contributed by atoms with Gasteiger partial charge in [0.05, 0.1) is 10.6 Å². The van der Waals surface area contributed by atoms with E-state index in [0.29, 0.717) is 17.3 Å². The molecule has 7 nitrogen and oxygen atoms in total. The lowest BCUT2D eigenvalue weighted by atomic mass is 10.1. The van der Waals surface area contributed by atoms with Gasteiger partial charge in [0.1, 0.15) is 12.6 Å². The Kier molecular flexibility index (Phi) is 9.12. The predicted molar refractivity (Wildman–Crippen MR) is 142 cm³/mol. The van der Waals surface area contributed by atoms with E-state index in [9.17, 15) is 18.0 Å². The highest BCUT2D eigenvalue weighted by molar-refractivity contribution is 7.92. The van der Waals surface area contributed by atoms with Gasteiger partial charge in [-0.15, -0.1) is 0 Å². The fourth-order valence-electron chi connectivity index (χ4n) is 3.65. The van der Waals surface area contributed by atoms with Crippen molar-refractivity contribution in [2.75, 3.05) is 17.4 Å². The van der Waals surface area contributed by atoms with Gasteiger partial charge in [0, 0.05) is 18.1 Å². The Balaban J connectivity index is 2.00. The topological polar surface area (TPSA) is 86.8 Å². The number of likely N-dealkylation sites (N-methyl/N-ethyl adjacent to an activating group) is 1. The molecule has 0 fully saturated rings. The molecule has 0 spiro atoms. The zero-order chi connectivity index (χ0) is 26.3. The van der Waals surface area contributed by atoms with Crippen molar-refractivity contribution in [3.63, 3.8) is 0 Å². The van der Waals surface area contributed by atoms with Crippen molar-refractivity contribution in [3.8, 4) is 0 Å². The predicted octanol–water partition coefficient (Wildman–Crippen LogP) is 4.40. The third-order valence-electron chi connectivity index (χ3n) is 5.72. The number of halogens is 1. The Morgan fingerprint density at radius 1 is 0.944 bits per heavy atom. The number of aryl methyl sites for hydroxylation is 1. The molecule has 0 saturated carbocycles. The highest BCUT2D eigenvalue weighted by Gasteiger charge is 2.32. The quantitative estimate of drug-likeness (QED) is 0.423. The number of rotatable bonds is 10. The first-order chi connectivity index (χ1) is 17.1. The van der Waals surface area contributed by atoms with Crippen molar-refractivity contribution in [1.82, 2.24) is 10.2 Å². The fourth-order valence-corrected chi connectivity index (χ4v) is 5.21. The van der Waals surface area contributed by atoms with Crippen molar-refractivity contribution in [2.24, 2.45) is 0 Å². The third kappa shape index (κ3) is 6.65. The van der Waals surface area contributed by atoms with Crippen molar-refractivity contribution >= 4 is 39.1 Å². The van der Waals surface area contributed by atoms with Crippen LogP contribution in [-0.4, -0.2) is 44.3 Å². The van der Waals surface area contributed by atoms with Crippen molar-refractivity contribution in [3.05, 3.63) is 95.0 Å². The average molecular weight is 528 g/mol. The number of carbonyl (C=O) groups excluding carboxylic acids is 2. The van der Waals surface area contributed by atoms with Gasteiger partial charge in [0.25, 0.3) is 10.0 Å². The zero-order valence-corrected chi connectivity index (χ0v) is 22.1. The van der Waals surface area contributed by atoms with Gasteiger partial charge in [-0.05, 0) is 62.7 Å². The second kappa shape index (κ2) is 12.1. The molecular weight excluding hydrogens is 498 g/mol. The van der Waals surface area contributed by atoms with Gasteiger partial charge < -0.3 is 10.2 Å². The van der Waals surface area contributed by atoms with E-state index in [4.69, 9.17) is 11.6 Å². The monoisotopic (exact) mass is 527 g/mol. The molecule has 0 heterocycles. The molecule has 0 aliphatic carbocycles. The van der Waals surface area contributed by atoms with E-state index >= 15 is 0 Å². The maximum atomic E-state index is 13.7. The molecule has 2 amide bonds. The molecule has 0 aliphatic rings. The molecule has 3 aromatic rings.